The standard InChI is InChI=1S/C14H25N5O/c1-18(12-13-15-7-8-16-13)14(20)17-6-2-3-9-19-10-4-5-11-19/h7-8H,2-6,9-12H2,1H3,(H,15,16)(H,17,20). The van der Waals surface area contributed by atoms with Gasteiger partial charge in [-0.05, 0) is 45.3 Å². The number of urea groups is 1. The molecule has 2 rings (SSSR count). The lowest BCUT2D eigenvalue weighted by atomic mass is 10.3. The zero-order valence-electron chi connectivity index (χ0n) is 12.3. The Morgan fingerprint density at radius 3 is 2.95 bits per heavy atom. The SMILES string of the molecule is CN(Cc1ncc[nH]1)C(=O)NCCCCN1CCCC1. The number of carbonyl (C=O) groups excluding carboxylic acids is 1. The van der Waals surface area contributed by atoms with Crippen LogP contribution in [-0.4, -0.2) is 59.0 Å². The highest BCUT2D eigenvalue weighted by atomic mass is 16.2. The van der Waals surface area contributed by atoms with Crippen molar-refractivity contribution in [3.8, 4) is 0 Å². The number of unbranched alkanes of at least 4 members (excludes halogenated alkanes) is 1. The third-order valence-electron chi connectivity index (χ3n) is 3.66. The number of aromatic amines is 1. The van der Waals surface area contributed by atoms with Crippen molar-refractivity contribution in [2.45, 2.75) is 32.2 Å². The van der Waals surface area contributed by atoms with E-state index in [0.717, 1.165) is 31.8 Å². The van der Waals surface area contributed by atoms with Crippen molar-refractivity contribution in [2.24, 2.45) is 0 Å². The first kappa shape index (κ1) is 14.8. The summed E-state index contributed by atoms with van der Waals surface area (Å²) < 4.78 is 0. The number of hydrogen-bond donors (Lipinski definition) is 2. The number of likely N-dealkylation sites (tertiary alicyclic amines) is 1. The van der Waals surface area contributed by atoms with Gasteiger partial charge in [-0.1, -0.05) is 0 Å². The molecule has 20 heavy (non-hydrogen) atoms. The summed E-state index contributed by atoms with van der Waals surface area (Å²) in [5.41, 5.74) is 0. The van der Waals surface area contributed by atoms with Crippen molar-refractivity contribution in [1.82, 2.24) is 25.1 Å². The Labute approximate surface area is 120 Å². The van der Waals surface area contributed by atoms with Crippen LogP contribution in [0, 0.1) is 0 Å². The van der Waals surface area contributed by atoms with Gasteiger partial charge in [-0.2, -0.15) is 0 Å². The van der Waals surface area contributed by atoms with E-state index in [4.69, 9.17) is 0 Å². The van der Waals surface area contributed by atoms with E-state index >= 15 is 0 Å². The van der Waals surface area contributed by atoms with Crippen molar-refractivity contribution in [3.63, 3.8) is 0 Å². The van der Waals surface area contributed by atoms with Gasteiger partial charge >= 0.3 is 6.03 Å². The zero-order valence-corrected chi connectivity index (χ0v) is 12.3. The van der Waals surface area contributed by atoms with Crippen LogP contribution >= 0.6 is 0 Å². The third-order valence-corrected chi connectivity index (χ3v) is 3.66. The monoisotopic (exact) mass is 279 g/mol. The summed E-state index contributed by atoms with van der Waals surface area (Å²) in [4.78, 5) is 23.1. The Morgan fingerprint density at radius 1 is 1.45 bits per heavy atom. The Bertz CT molecular complexity index is 386. The highest BCUT2D eigenvalue weighted by Gasteiger charge is 2.11. The van der Waals surface area contributed by atoms with Crippen LogP contribution in [0.2, 0.25) is 0 Å². The first-order valence-electron chi connectivity index (χ1n) is 7.45. The molecule has 2 N–H and O–H groups in total. The van der Waals surface area contributed by atoms with Gasteiger partial charge in [-0.25, -0.2) is 9.78 Å². The number of imidazole rings is 1. The molecular weight excluding hydrogens is 254 g/mol. The molecule has 112 valence electrons. The molecule has 1 aromatic rings. The van der Waals surface area contributed by atoms with Crippen LogP contribution in [0.1, 0.15) is 31.5 Å². The third kappa shape index (κ3) is 4.85. The average molecular weight is 279 g/mol. The van der Waals surface area contributed by atoms with E-state index in [1.165, 1.54) is 25.9 Å². The Hall–Kier alpha value is -1.56. The minimum Gasteiger partial charge on any atom is -0.347 e. The number of carbonyl (C=O) groups is 1. The predicted molar refractivity (Wildman–Crippen MR) is 78.4 cm³/mol. The molecule has 2 amide bonds. The maximum absolute atomic E-state index is 11.9. The molecule has 0 spiro atoms. The second-order valence-corrected chi connectivity index (χ2v) is 5.38. The van der Waals surface area contributed by atoms with Gasteiger partial charge in [0.05, 0.1) is 6.54 Å². The van der Waals surface area contributed by atoms with E-state index in [1.807, 2.05) is 0 Å². The van der Waals surface area contributed by atoms with Crippen LogP contribution in [0.5, 0.6) is 0 Å². The largest absolute Gasteiger partial charge is 0.347 e. The number of aromatic nitrogens is 2. The lowest BCUT2D eigenvalue weighted by Crippen LogP contribution is -2.37. The molecule has 1 aliphatic rings. The molecule has 1 saturated heterocycles. The van der Waals surface area contributed by atoms with Gasteiger partial charge < -0.3 is 20.1 Å². The molecule has 6 heteroatoms. The fourth-order valence-corrected chi connectivity index (χ4v) is 2.48. The average Bonchev–Trinajstić information content (AvgIpc) is 3.11. The number of nitrogens with one attached hydrogen (secondary N) is 2. The Balaban J connectivity index is 1.53. The van der Waals surface area contributed by atoms with Crippen LogP contribution in [0.4, 0.5) is 4.79 Å². The maximum atomic E-state index is 11.9. The fraction of sp³-hybridized carbons (Fsp3) is 0.714. The minimum absolute atomic E-state index is 0.0393. The molecule has 6 nitrogen and oxygen atoms in total. The Kier molecular flexibility index (Phi) is 5.86. The summed E-state index contributed by atoms with van der Waals surface area (Å²) in [6.45, 7) is 4.91. The number of nitrogens with zero attached hydrogens (tertiary/aromatic N) is 3. The zero-order chi connectivity index (χ0) is 14.2. The van der Waals surface area contributed by atoms with Gasteiger partial charge in [0.15, 0.2) is 0 Å². The highest BCUT2D eigenvalue weighted by molar-refractivity contribution is 5.73. The first-order valence-corrected chi connectivity index (χ1v) is 7.45. The fourth-order valence-electron chi connectivity index (χ4n) is 2.48. The molecule has 0 radical (unpaired) electrons. The second kappa shape index (κ2) is 7.89. The first-order chi connectivity index (χ1) is 9.75. The summed E-state index contributed by atoms with van der Waals surface area (Å²) in [6.07, 6.45) is 8.33. The normalized spacial score (nSPS) is 15.4. The van der Waals surface area contributed by atoms with Crippen LogP contribution < -0.4 is 5.32 Å². The molecule has 0 aromatic carbocycles. The molecule has 1 fully saturated rings. The van der Waals surface area contributed by atoms with Crippen LogP contribution in [0.3, 0.4) is 0 Å². The van der Waals surface area contributed by atoms with Crippen molar-refractivity contribution in [3.05, 3.63) is 18.2 Å². The summed E-state index contributed by atoms with van der Waals surface area (Å²) >= 11 is 0. The quantitative estimate of drug-likeness (QED) is 0.742. The number of hydrogen-bond acceptors (Lipinski definition) is 3. The molecule has 0 atom stereocenters. The van der Waals surface area contributed by atoms with Crippen molar-refractivity contribution >= 4 is 6.03 Å². The van der Waals surface area contributed by atoms with E-state index in [-0.39, 0.29) is 6.03 Å². The summed E-state index contributed by atoms with van der Waals surface area (Å²) in [7, 11) is 1.78. The number of H-pyrrole nitrogens is 1. The molecule has 0 saturated carbocycles. The molecule has 0 bridgehead atoms. The summed E-state index contributed by atoms with van der Waals surface area (Å²) in [5.74, 6) is 0.802. The van der Waals surface area contributed by atoms with Crippen molar-refractivity contribution in [1.29, 1.82) is 0 Å². The highest BCUT2D eigenvalue weighted by Crippen LogP contribution is 2.07. The summed E-state index contributed by atoms with van der Waals surface area (Å²) in [5, 5.41) is 2.95. The van der Waals surface area contributed by atoms with Crippen LogP contribution in [0.25, 0.3) is 0 Å². The lowest BCUT2D eigenvalue weighted by Gasteiger charge is -2.17. The van der Waals surface area contributed by atoms with E-state index in [2.05, 4.69) is 20.2 Å². The molecule has 1 aliphatic heterocycles. The van der Waals surface area contributed by atoms with Gasteiger partial charge in [0.1, 0.15) is 5.82 Å². The van der Waals surface area contributed by atoms with E-state index in [9.17, 15) is 4.79 Å². The van der Waals surface area contributed by atoms with E-state index < -0.39 is 0 Å². The number of rotatable bonds is 7. The van der Waals surface area contributed by atoms with Crippen molar-refractivity contribution in [2.75, 3.05) is 33.2 Å². The number of amides is 2. The molecular formula is C14H25N5O. The second-order valence-electron chi connectivity index (χ2n) is 5.38. The molecule has 1 aromatic heterocycles. The topological polar surface area (TPSA) is 64.3 Å². The van der Waals surface area contributed by atoms with Crippen molar-refractivity contribution < 1.29 is 4.79 Å². The van der Waals surface area contributed by atoms with Crippen LogP contribution in [0.15, 0.2) is 12.4 Å². The summed E-state index contributed by atoms with van der Waals surface area (Å²) in [6, 6.07) is -0.0393. The van der Waals surface area contributed by atoms with Crippen LogP contribution in [-0.2, 0) is 6.54 Å². The smallest absolute Gasteiger partial charge is 0.317 e. The molecule has 0 aliphatic carbocycles. The molecule has 2 heterocycles. The van der Waals surface area contributed by atoms with E-state index in [0.29, 0.717) is 6.54 Å². The maximum Gasteiger partial charge on any atom is 0.317 e. The van der Waals surface area contributed by atoms with Gasteiger partial charge in [0.25, 0.3) is 0 Å². The van der Waals surface area contributed by atoms with Gasteiger partial charge in [0, 0.05) is 26.0 Å². The molecule has 0 unspecified atom stereocenters. The minimum atomic E-state index is -0.0393. The Morgan fingerprint density at radius 2 is 2.25 bits per heavy atom. The lowest BCUT2D eigenvalue weighted by molar-refractivity contribution is 0.205. The predicted octanol–water partition coefficient (Wildman–Crippen LogP) is 1.43. The van der Waals surface area contributed by atoms with Gasteiger partial charge in [-0.3, -0.25) is 0 Å². The van der Waals surface area contributed by atoms with Gasteiger partial charge in [-0.15, -0.1) is 0 Å². The van der Waals surface area contributed by atoms with E-state index in [1.54, 1.807) is 24.3 Å². The van der Waals surface area contributed by atoms with Gasteiger partial charge in [0.2, 0.25) is 0 Å².